The molecule has 0 aliphatic heterocycles. The van der Waals surface area contributed by atoms with Gasteiger partial charge in [-0.15, -0.1) is 11.3 Å². The van der Waals surface area contributed by atoms with Gasteiger partial charge < -0.3 is 0 Å². The van der Waals surface area contributed by atoms with E-state index in [0.29, 0.717) is 11.2 Å². The minimum absolute atomic E-state index is 0.0514. The zero-order valence-electron chi connectivity index (χ0n) is 12.8. The van der Waals surface area contributed by atoms with Crippen molar-refractivity contribution in [3.63, 3.8) is 0 Å². The number of nitrogens with zero attached hydrogens (tertiary/aromatic N) is 2. The SMILES string of the molecule is Cc1ccc(-c2c(C)sc3nc(C)n(CCF)c(=O)c23)cc1. The summed E-state index contributed by atoms with van der Waals surface area (Å²) in [6.07, 6.45) is 0. The third-order valence-corrected chi connectivity index (χ3v) is 4.83. The number of hydrogen-bond donors (Lipinski definition) is 0. The van der Waals surface area contributed by atoms with Crippen LogP contribution in [0.5, 0.6) is 0 Å². The molecular formula is C17H17FN2OS. The summed E-state index contributed by atoms with van der Waals surface area (Å²) < 4.78 is 14.1. The summed E-state index contributed by atoms with van der Waals surface area (Å²) in [5, 5.41) is 0.602. The molecule has 0 unspecified atom stereocenters. The van der Waals surface area contributed by atoms with Gasteiger partial charge in [0.2, 0.25) is 0 Å². The molecule has 0 radical (unpaired) electrons. The van der Waals surface area contributed by atoms with Crippen LogP contribution < -0.4 is 5.56 Å². The Labute approximate surface area is 132 Å². The summed E-state index contributed by atoms with van der Waals surface area (Å²) >= 11 is 1.51. The molecule has 3 rings (SSSR count). The van der Waals surface area contributed by atoms with Crippen LogP contribution in [0.15, 0.2) is 29.1 Å². The monoisotopic (exact) mass is 316 g/mol. The molecular weight excluding hydrogens is 299 g/mol. The predicted octanol–water partition coefficient (Wildman–Crippen LogP) is 4.02. The second kappa shape index (κ2) is 5.65. The first kappa shape index (κ1) is 14.9. The number of benzene rings is 1. The van der Waals surface area contributed by atoms with E-state index in [4.69, 9.17) is 0 Å². The van der Waals surface area contributed by atoms with Crippen LogP contribution in [0.2, 0.25) is 0 Å². The lowest BCUT2D eigenvalue weighted by Gasteiger charge is -2.08. The van der Waals surface area contributed by atoms with E-state index in [1.807, 2.05) is 38.1 Å². The third kappa shape index (κ3) is 2.35. The van der Waals surface area contributed by atoms with Crippen molar-refractivity contribution >= 4 is 21.6 Å². The highest BCUT2D eigenvalue weighted by atomic mass is 32.1. The van der Waals surface area contributed by atoms with Crippen molar-refractivity contribution < 1.29 is 4.39 Å². The van der Waals surface area contributed by atoms with E-state index in [1.54, 1.807) is 6.92 Å². The fraction of sp³-hybridized carbons (Fsp3) is 0.294. The Bertz CT molecular complexity index is 894. The highest BCUT2D eigenvalue weighted by molar-refractivity contribution is 7.19. The van der Waals surface area contributed by atoms with Gasteiger partial charge in [-0.25, -0.2) is 9.37 Å². The second-order valence-electron chi connectivity index (χ2n) is 5.38. The smallest absolute Gasteiger partial charge is 0.262 e. The average Bonchev–Trinajstić information content (AvgIpc) is 2.80. The van der Waals surface area contributed by atoms with Crippen molar-refractivity contribution in [3.8, 4) is 11.1 Å². The quantitative estimate of drug-likeness (QED) is 0.731. The van der Waals surface area contributed by atoms with Crippen LogP contribution in [0.3, 0.4) is 0 Å². The van der Waals surface area contributed by atoms with Gasteiger partial charge in [0.15, 0.2) is 0 Å². The fourth-order valence-electron chi connectivity index (χ4n) is 2.71. The van der Waals surface area contributed by atoms with Crippen LogP contribution in [0.1, 0.15) is 16.3 Å². The number of thiophene rings is 1. The number of hydrogen-bond acceptors (Lipinski definition) is 3. The van der Waals surface area contributed by atoms with Gasteiger partial charge in [0, 0.05) is 10.4 Å². The number of rotatable bonds is 3. The zero-order valence-corrected chi connectivity index (χ0v) is 13.6. The average molecular weight is 316 g/mol. The second-order valence-corrected chi connectivity index (χ2v) is 6.59. The summed E-state index contributed by atoms with van der Waals surface area (Å²) in [6.45, 7) is 5.25. The van der Waals surface area contributed by atoms with E-state index >= 15 is 0 Å². The molecule has 0 atom stereocenters. The van der Waals surface area contributed by atoms with Crippen LogP contribution in [-0.4, -0.2) is 16.2 Å². The number of halogens is 1. The molecule has 0 saturated heterocycles. The molecule has 1 aromatic carbocycles. The standard InChI is InChI=1S/C17H17FN2OS/c1-10-4-6-13(7-5-10)14-11(2)22-16-15(14)17(21)20(9-8-18)12(3)19-16/h4-7H,8-9H2,1-3H3. The Balaban J connectivity index is 2.35. The van der Waals surface area contributed by atoms with Crippen LogP contribution in [0.4, 0.5) is 4.39 Å². The van der Waals surface area contributed by atoms with E-state index in [2.05, 4.69) is 4.98 Å². The van der Waals surface area contributed by atoms with Gasteiger partial charge in [0.25, 0.3) is 5.56 Å². The summed E-state index contributed by atoms with van der Waals surface area (Å²) in [7, 11) is 0. The molecule has 0 amide bonds. The first-order chi connectivity index (χ1) is 10.5. The van der Waals surface area contributed by atoms with Crippen LogP contribution in [-0.2, 0) is 6.54 Å². The summed E-state index contributed by atoms with van der Waals surface area (Å²) in [5.41, 5.74) is 2.94. The lowest BCUT2D eigenvalue weighted by molar-refractivity contribution is 0.435. The lowest BCUT2D eigenvalue weighted by Crippen LogP contribution is -2.24. The van der Waals surface area contributed by atoms with Crippen LogP contribution >= 0.6 is 11.3 Å². The van der Waals surface area contributed by atoms with Crippen molar-refractivity contribution in [1.29, 1.82) is 0 Å². The topological polar surface area (TPSA) is 34.9 Å². The molecule has 0 spiro atoms. The van der Waals surface area contributed by atoms with Gasteiger partial charge in [-0.1, -0.05) is 29.8 Å². The van der Waals surface area contributed by atoms with Gasteiger partial charge in [0.05, 0.1) is 11.9 Å². The van der Waals surface area contributed by atoms with Crippen molar-refractivity contribution in [3.05, 3.63) is 50.9 Å². The Hall–Kier alpha value is -2.01. The van der Waals surface area contributed by atoms with Gasteiger partial charge in [-0.2, -0.15) is 0 Å². The molecule has 5 heteroatoms. The molecule has 0 aliphatic rings. The Kier molecular flexibility index (Phi) is 3.83. The van der Waals surface area contributed by atoms with Gasteiger partial charge in [-0.3, -0.25) is 9.36 Å². The zero-order chi connectivity index (χ0) is 15.9. The minimum atomic E-state index is -0.573. The highest BCUT2D eigenvalue weighted by Gasteiger charge is 2.18. The maximum atomic E-state index is 12.8. The molecule has 2 aromatic heterocycles. The first-order valence-electron chi connectivity index (χ1n) is 7.16. The van der Waals surface area contributed by atoms with E-state index in [-0.39, 0.29) is 12.1 Å². The van der Waals surface area contributed by atoms with Crippen molar-refractivity contribution in [2.75, 3.05) is 6.67 Å². The summed E-state index contributed by atoms with van der Waals surface area (Å²) in [5.74, 6) is 0.562. The van der Waals surface area contributed by atoms with Crippen molar-refractivity contribution in [1.82, 2.24) is 9.55 Å². The molecule has 3 nitrogen and oxygen atoms in total. The molecule has 0 fully saturated rings. The Morgan fingerprint density at radius 2 is 1.86 bits per heavy atom. The van der Waals surface area contributed by atoms with Crippen molar-refractivity contribution in [2.24, 2.45) is 0 Å². The molecule has 22 heavy (non-hydrogen) atoms. The van der Waals surface area contributed by atoms with Gasteiger partial charge in [-0.05, 0) is 26.3 Å². The van der Waals surface area contributed by atoms with Crippen LogP contribution in [0.25, 0.3) is 21.3 Å². The molecule has 3 aromatic rings. The van der Waals surface area contributed by atoms with E-state index in [0.717, 1.165) is 20.8 Å². The Morgan fingerprint density at radius 1 is 1.18 bits per heavy atom. The lowest BCUT2D eigenvalue weighted by atomic mass is 10.0. The number of fused-ring (bicyclic) bond motifs is 1. The van der Waals surface area contributed by atoms with Crippen LogP contribution in [0, 0.1) is 20.8 Å². The predicted molar refractivity (Wildman–Crippen MR) is 89.5 cm³/mol. The first-order valence-corrected chi connectivity index (χ1v) is 7.98. The maximum Gasteiger partial charge on any atom is 0.262 e. The summed E-state index contributed by atoms with van der Waals surface area (Å²) in [6, 6.07) is 8.09. The molecule has 2 heterocycles. The van der Waals surface area contributed by atoms with Gasteiger partial charge in [0.1, 0.15) is 17.3 Å². The molecule has 0 aliphatic carbocycles. The van der Waals surface area contributed by atoms with Gasteiger partial charge >= 0.3 is 0 Å². The summed E-state index contributed by atoms with van der Waals surface area (Å²) in [4.78, 5) is 19.1. The van der Waals surface area contributed by atoms with E-state index in [1.165, 1.54) is 21.5 Å². The Morgan fingerprint density at radius 3 is 2.50 bits per heavy atom. The molecule has 0 bridgehead atoms. The number of aromatic nitrogens is 2. The number of aryl methyl sites for hydroxylation is 3. The molecule has 0 saturated carbocycles. The van der Waals surface area contributed by atoms with E-state index in [9.17, 15) is 9.18 Å². The van der Waals surface area contributed by atoms with E-state index < -0.39 is 6.67 Å². The molecule has 114 valence electrons. The normalized spacial score (nSPS) is 11.3. The fourth-order valence-corrected chi connectivity index (χ4v) is 3.79. The maximum absolute atomic E-state index is 12.8. The number of alkyl halides is 1. The minimum Gasteiger partial charge on any atom is -0.294 e. The third-order valence-electron chi connectivity index (χ3n) is 3.83. The molecule has 0 N–H and O–H groups in total. The largest absolute Gasteiger partial charge is 0.294 e. The van der Waals surface area contributed by atoms with Crippen molar-refractivity contribution in [2.45, 2.75) is 27.3 Å². The highest BCUT2D eigenvalue weighted by Crippen LogP contribution is 2.35.